The van der Waals surface area contributed by atoms with Gasteiger partial charge in [-0.25, -0.2) is 4.79 Å². The lowest BCUT2D eigenvalue weighted by molar-refractivity contribution is 0.253. The maximum Gasteiger partial charge on any atom is 0.319 e. The Hall–Kier alpha value is -2.03. The molecular weight excluding hydrogens is 248 g/mol. The lowest BCUT2D eigenvalue weighted by Crippen LogP contribution is -2.28. The molecule has 3 heteroatoms. The minimum absolute atomic E-state index is 0.176. The van der Waals surface area contributed by atoms with Crippen LogP contribution in [0, 0.1) is 0 Å². The van der Waals surface area contributed by atoms with E-state index in [9.17, 15) is 4.79 Å². The number of rotatable bonds is 6. The molecule has 0 aliphatic carbocycles. The Morgan fingerprint density at radius 1 is 1.10 bits per heavy atom. The lowest BCUT2D eigenvalue weighted by atomic mass is 10.1. The average molecular weight is 272 g/mol. The van der Waals surface area contributed by atoms with E-state index in [0.29, 0.717) is 6.54 Å². The number of hydrogen-bond donors (Lipinski definition) is 2. The van der Waals surface area contributed by atoms with Gasteiger partial charge in [0.2, 0.25) is 0 Å². The standard InChI is InChI=1S/C17H24N2O/c1-14(2)8-7-9-15(3)12-13-18-17(20)19-16-10-5-4-6-11-16/h4-6,8,10-12H,7,9,13H2,1-3H3,(H2,18,19,20)/b15-12+. The van der Waals surface area contributed by atoms with E-state index in [-0.39, 0.29) is 6.03 Å². The highest BCUT2D eigenvalue weighted by Crippen LogP contribution is 2.06. The zero-order valence-corrected chi connectivity index (χ0v) is 12.6. The summed E-state index contributed by atoms with van der Waals surface area (Å²) in [7, 11) is 0. The number of carbonyl (C=O) groups excluding carboxylic acids is 1. The Labute approximate surface area is 121 Å². The molecule has 0 aromatic heterocycles. The van der Waals surface area contributed by atoms with Crippen LogP contribution < -0.4 is 10.6 Å². The topological polar surface area (TPSA) is 41.1 Å². The summed E-state index contributed by atoms with van der Waals surface area (Å²) in [5.41, 5.74) is 3.44. The van der Waals surface area contributed by atoms with E-state index in [4.69, 9.17) is 0 Å². The Bertz CT molecular complexity index is 471. The molecule has 0 heterocycles. The molecule has 0 aliphatic heterocycles. The van der Waals surface area contributed by atoms with Gasteiger partial charge in [-0.05, 0) is 45.7 Å². The van der Waals surface area contributed by atoms with Gasteiger partial charge in [0.15, 0.2) is 0 Å². The summed E-state index contributed by atoms with van der Waals surface area (Å²) in [5.74, 6) is 0. The van der Waals surface area contributed by atoms with E-state index in [1.165, 1.54) is 11.1 Å². The molecule has 0 saturated heterocycles. The van der Waals surface area contributed by atoms with E-state index >= 15 is 0 Å². The molecule has 108 valence electrons. The van der Waals surface area contributed by atoms with Gasteiger partial charge in [0.1, 0.15) is 0 Å². The maximum atomic E-state index is 11.6. The summed E-state index contributed by atoms with van der Waals surface area (Å²) in [5, 5.41) is 5.60. The van der Waals surface area contributed by atoms with Gasteiger partial charge in [-0.1, -0.05) is 41.5 Å². The molecule has 0 atom stereocenters. The van der Waals surface area contributed by atoms with E-state index in [0.717, 1.165) is 18.5 Å². The molecule has 0 aliphatic rings. The summed E-state index contributed by atoms with van der Waals surface area (Å²) in [6.45, 7) is 6.86. The number of anilines is 1. The monoisotopic (exact) mass is 272 g/mol. The summed E-state index contributed by atoms with van der Waals surface area (Å²) in [4.78, 5) is 11.6. The van der Waals surface area contributed by atoms with E-state index in [1.807, 2.05) is 30.3 Å². The van der Waals surface area contributed by atoms with Crippen LogP contribution in [0.5, 0.6) is 0 Å². The Kier molecular flexibility index (Phi) is 7.18. The van der Waals surface area contributed by atoms with Gasteiger partial charge in [0, 0.05) is 12.2 Å². The molecule has 1 rings (SSSR count). The van der Waals surface area contributed by atoms with Crippen molar-refractivity contribution in [1.29, 1.82) is 0 Å². The van der Waals surface area contributed by atoms with Crippen molar-refractivity contribution in [1.82, 2.24) is 5.32 Å². The first-order valence-electron chi connectivity index (χ1n) is 6.97. The summed E-state index contributed by atoms with van der Waals surface area (Å²) in [6.07, 6.45) is 6.38. The highest BCUT2D eigenvalue weighted by atomic mass is 16.2. The molecule has 0 fully saturated rings. The predicted octanol–water partition coefficient (Wildman–Crippen LogP) is 4.50. The van der Waals surface area contributed by atoms with Crippen LogP contribution in [0.1, 0.15) is 33.6 Å². The van der Waals surface area contributed by atoms with E-state index in [1.54, 1.807) is 0 Å². The van der Waals surface area contributed by atoms with Gasteiger partial charge < -0.3 is 10.6 Å². The molecule has 0 bridgehead atoms. The first-order chi connectivity index (χ1) is 9.58. The smallest absolute Gasteiger partial charge is 0.319 e. The van der Waals surface area contributed by atoms with Crippen molar-refractivity contribution < 1.29 is 4.79 Å². The SMILES string of the molecule is CC(C)=CCC/C(C)=C/CNC(=O)Nc1ccccc1. The number of urea groups is 1. The van der Waals surface area contributed by atoms with Gasteiger partial charge in [-0.15, -0.1) is 0 Å². The number of allylic oxidation sites excluding steroid dienone is 3. The third-order valence-corrected chi connectivity index (χ3v) is 2.84. The number of amides is 2. The molecule has 0 unspecified atom stereocenters. The largest absolute Gasteiger partial charge is 0.334 e. The van der Waals surface area contributed by atoms with Crippen molar-refractivity contribution in [2.24, 2.45) is 0 Å². The second-order valence-corrected chi connectivity index (χ2v) is 5.07. The molecule has 1 aromatic rings. The molecule has 0 radical (unpaired) electrons. The Morgan fingerprint density at radius 2 is 1.80 bits per heavy atom. The highest BCUT2D eigenvalue weighted by molar-refractivity contribution is 5.89. The molecule has 3 nitrogen and oxygen atoms in total. The minimum Gasteiger partial charge on any atom is -0.334 e. The van der Waals surface area contributed by atoms with Crippen LogP contribution in [-0.2, 0) is 0 Å². The third kappa shape index (κ3) is 7.41. The van der Waals surface area contributed by atoms with Crippen molar-refractivity contribution in [3.63, 3.8) is 0 Å². The molecule has 0 spiro atoms. The minimum atomic E-state index is -0.176. The van der Waals surface area contributed by atoms with Crippen molar-refractivity contribution >= 4 is 11.7 Å². The van der Waals surface area contributed by atoms with Crippen LogP contribution in [0.4, 0.5) is 10.5 Å². The van der Waals surface area contributed by atoms with Crippen LogP contribution >= 0.6 is 0 Å². The van der Waals surface area contributed by atoms with Crippen molar-refractivity contribution in [3.8, 4) is 0 Å². The predicted molar refractivity (Wildman–Crippen MR) is 85.9 cm³/mol. The second kappa shape index (κ2) is 8.97. The molecular formula is C17H24N2O. The maximum absolute atomic E-state index is 11.6. The first kappa shape index (κ1) is 16.0. The number of para-hydroxylation sites is 1. The van der Waals surface area contributed by atoms with Gasteiger partial charge in [0.25, 0.3) is 0 Å². The zero-order chi connectivity index (χ0) is 14.8. The van der Waals surface area contributed by atoms with E-state index in [2.05, 4.69) is 43.6 Å². The summed E-state index contributed by atoms with van der Waals surface area (Å²) < 4.78 is 0. The summed E-state index contributed by atoms with van der Waals surface area (Å²) in [6, 6.07) is 9.25. The van der Waals surface area contributed by atoms with Crippen LogP contribution in [0.2, 0.25) is 0 Å². The number of hydrogen-bond acceptors (Lipinski definition) is 1. The Morgan fingerprint density at radius 3 is 2.45 bits per heavy atom. The van der Waals surface area contributed by atoms with Gasteiger partial charge in [0.05, 0.1) is 0 Å². The van der Waals surface area contributed by atoms with Gasteiger partial charge >= 0.3 is 6.03 Å². The van der Waals surface area contributed by atoms with E-state index < -0.39 is 0 Å². The second-order valence-electron chi connectivity index (χ2n) is 5.07. The van der Waals surface area contributed by atoms with Gasteiger partial charge in [-0.3, -0.25) is 0 Å². The fraction of sp³-hybridized carbons (Fsp3) is 0.353. The molecule has 20 heavy (non-hydrogen) atoms. The fourth-order valence-corrected chi connectivity index (χ4v) is 1.71. The summed E-state index contributed by atoms with van der Waals surface area (Å²) >= 11 is 0. The van der Waals surface area contributed by atoms with Crippen LogP contribution in [0.15, 0.2) is 53.6 Å². The fourth-order valence-electron chi connectivity index (χ4n) is 1.71. The molecule has 2 amide bonds. The van der Waals surface area contributed by atoms with Crippen LogP contribution in [0.3, 0.4) is 0 Å². The normalized spacial score (nSPS) is 10.8. The van der Waals surface area contributed by atoms with Crippen LogP contribution in [-0.4, -0.2) is 12.6 Å². The van der Waals surface area contributed by atoms with Crippen molar-refractivity contribution in [2.75, 3.05) is 11.9 Å². The van der Waals surface area contributed by atoms with Crippen LogP contribution in [0.25, 0.3) is 0 Å². The molecule has 1 aromatic carbocycles. The molecule has 2 N–H and O–H groups in total. The quantitative estimate of drug-likeness (QED) is 0.735. The van der Waals surface area contributed by atoms with Crippen molar-refractivity contribution in [3.05, 3.63) is 53.6 Å². The average Bonchev–Trinajstić information content (AvgIpc) is 2.39. The number of benzene rings is 1. The number of nitrogens with one attached hydrogen (secondary N) is 2. The molecule has 0 saturated carbocycles. The van der Waals surface area contributed by atoms with Gasteiger partial charge in [-0.2, -0.15) is 0 Å². The Balaban J connectivity index is 2.25. The highest BCUT2D eigenvalue weighted by Gasteiger charge is 1.98. The third-order valence-electron chi connectivity index (χ3n) is 2.84. The zero-order valence-electron chi connectivity index (χ0n) is 12.6. The number of carbonyl (C=O) groups is 1. The lowest BCUT2D eigenvalue weighted by Gasteiger charge is -2.06. The van der Waals surface area contributed by atoms with Crippen molar-refractivity contribution in [2.45, 2.75) is 33.6 Å². The first-order valence-corrected chi connectivity index (χ1v) is 6.97.